The zero-order chi connectivity index (χ0) is 28.8. The number of aromatic nitrogens is 3. The van der Waals surface area contributed by atoms with Gasteiger partial charge in [0.2, 0.25) is 11.7 Å². The maximum absolute atomic E-state index is 14.5. The first kappa shape index (κ1) is 29.2. The molecule has 41 heavy (non-hydrogen) atoms. The quantitative estimate of drug-likeness (QED) is 0.492. The topological polar surface area (TPSA) is 105 Å². The van der Waals surface area contributed by atoms with E-state index in [1.807, 2.05) is 29.9 Å². The number of carbonyl (C=O) groups excluding carboxylic acids is 2. The molecule has 2 fully saturated rings. The molecule has 0 N–H and O–H groups in total. The van der Waals surface area contributed by atoms with Crippen LogP contribution in [0.5, 0.6) is 17.2 Å². The predicted molar refractivity (Wildman–Crippen MR) is 152 cm³/mol. The zero-order valence-electron chi connectivity index (χ0n) is 24.7. The summed E-state index contributed by atoms with van der Waals surface area (Å²) in [7, 11) is 3.20. The molecule has 0 spiro atoms. The van der Waals surface area contributed by atoms with Crippen LogP contribution in [-0.2, 0) is 27.3 Å². The van der Waals surface area contributed by atoms with Crippen LogP contribution in [0.2, 0.25) is 0 Å². The predicted octanol–water partition coefficient (Wildman–Crippen LogP) is 4.69. The van der Waals surface area contributed by atoms with Gasteiger partial charge in [0, 0.05) is 25.7 Å². The molecule has 0 unspecified atom stereocenters. The molecule has 1 amide bonds. The van der Waals surface area contributed by atoms with Gasteiger partial charge < -0.3 is 23.8 Å². The van der Waals surface area contributed by atoms with E-state index in [1.165, 1.54) is 6.42 Å². The Kier molecular flexibility index (Phi) is 9.67. The average molecular weight is 569 g/mol. The maximum Gasteiger partial charge on any atom is 0.328 e. The van der Waals surface area contributed by atoms with Gasteiger partial charge in [-0.25, -0.2) is 4.79 Å². The zero-order valence-corrected chi connectivity index (χ0v) is 24.7. The van der Waals surface area contributed by atoms with Crippen molar-refractivity contribution in [1.29, 1.82) is 0 Å². The summed E-state index contributed by atoms with van der Waals surface area (Å²) in [5, 5.41) is 8.53. The van der Waals surface area contributed by atoms with Gasteiger partial charge in [-0.3, -0.25) is 9.48 Å². The first-order chi connectivity index (χ1) is 20.0. The summed E-state index contributed by atoms with van der Waals surface area (Å²) in [4.78, 5) is 29.7. The van der Waals surface area contributed by atoms with Crippen molar-refractivity contribution in [3.05, 3.63) is 29.6 Å². The van der Waals surface area contributed by atoms with Gasteiger partial charge in [-0.05, 0) is 75.5 Å². The Bertz CT molecular complexity index is 1190. The second-order valence-corrected chi connectivity index (χ2v) is 11.6. The number of rotatable bonds is 3. The number of benzene rings is 1. The van der Waals surface area contributed by atoms with Crippen molar-refractivity contribution < 1.29 is 28.5 Å². The molecule has 1 aromatic carbocycles. The molecule has 224 valence electrons. The number of hydrogen-bond acceptors (Lipinski definition) is 8. The Hall–Kier alpha value is -3.30. The molecule has 10 heteroatoms. The van der Waals surface area contributed by atoms with Crippen LogP contribution in [0.4, 0.5) is 0 Å². The van der Waals surface area contributed by atoms with Crippen molar-refractivity contribution in [2.24, 2.45) is 5.92 Å². The molecule has 1 saturated heterocycles. The highest BCUT2D eigenvalue weighted by Gasteiger charge is 2.41. The highest BCUT2D eigenvalue weighted by atomic mass is 16.5. The molecule has 1 aliphatic carbocycles. The van der Waals surface area contributed by atoms with E-state index in [2.05, 4.69) is 10.3 Å². The van der Waals surface area contributed by atoms with Crippen molar-refractivity contribution in [2.45, 2.75) is 102 Å². The first-order valence-corrected chi connectivity index (χ1v) is 15.3. The molecule has 3 aliphatic rings. The highest BCUT2D eigenvalue weighted by Crippen LogP contribution is 2.45. The van der Waals surface area contributed by atoms with Crippen molar-refractivity contribution >= 4 is 11.9 Å². The molecule has 4 bridgehead atoms. The lowest BCUT2D eigenvalue weighted by atomic mass is 9.75. The van der Waals surface area contributed by atoms with Gasteiger partial charge in [0.25, 0.3) is 0 Å². The summed E-state index contributed by atoms with van der Waals surface area (Å²) in [5.74, 6) is 1.04. The smallest absolute Gasteiger partial charge is 0.328 e. The average Bonchev–Trinajstić information content (AvgIpc) is 3.46. The molecular formula is C31H44N4O6. The molecule has 10 nitrogen and oxygen atoms in total. The molecule has 1 aromatic heterocycles. The third kappa shape index (κ3) is 6.79. The van der Waals surface area contributed by atoms with E-state index >= 15 is 0 Å². The fraction of sp³-hybridized carbons (Fsp3) is 0.677. The monoisotopic (exact) mass is 568 g/mol. The summed E-state index contributed by atoms with van der Waals surface area (Å²) in [6.45, 7) is 3.50. The van der Waals surface area contributed by atoms with Crippen LogP contribution < -0.4 is 14.2 Å². The van der Waals surface area contributed by atoms with Crippen molar-refractivity contribution in [3.8, 4) is 17.2 Å². The van der Waals surface area contributed by atoms with E-state index in [0.29, 0.717) is 62.6 Å². The standard InChI is InChI=1S/C31H44N4O6/c1-21-14-16-34-20-24(32-33-34)12-9-17-40-31(37)25-13-7-8-15-35(25)30(36)28(22-10-5-4-6-11-22)23-18-26(38-2)29(39-3)27(19-23)41-21/h18-22,25,28H,4-17H2,1-3H3/t21-,25+,28+/m1/s1. The Morgan fingerprint density at radius 2 is 1.73 bits per heavy atom. The Morgan fingerprint density at radius 3 is 2.51 bits per heavy atom. The number of piperidine rings is 1. The number of cyclic esters (lactones) is 1. The van der Waals surface area contributed by atoms with Crippen LogP contribution in [0, 0.1) is 5.92 Å². The van der Waals surface area contributed by atoms with E-state index < -0.39 is 12.0 Å². The van der Waals surface area contributed by atoms with E-state index in [-0.39, 0.29) is 23.9 Å². The number of hydrogen-bond donors (Lipinski definition) is 0. The molecule has 1 saturated carbocycles. The van der Waals surface area contributed by atoms with Crippen molar-refractivity contribution in [3.63, 3.8) is 0 Å². The van der Waals surface area contributed by atoms with Gasteiger partial charge >= 0.3 is 5.97 Å². The van der Waals surface area contributed by atoms with Gasteiger partial charge in [0.1, 0.15) is 6.04 Å². The van der Waals surface area contributed by atoms with Crippen molar-refractivity contribution in [2.75, 3.05) is 27.4 Å². The Morgan fingerprint density at radius 1 is 0.927 bits per heavy atom. The lowest BCUT2D eigenvalue weighted by molar-refractivity contribution is -0.158. The van der Waals surface area contributed by atoms with E-state index in [4.69, 9.17) is 18.9 Å². The summed E-state index contributed by atoms with van der Waals surface area (Å²) in [5.41, 5.74) is 1.70. The SMILES string of the molecule is COc1cc2cc(c1OC)O[C@H](C)CCn1cc(nn1)CCCOC(=O)[C@@H]1CCCCN1C(=O)[C@H]2C1CCCCC1. The van der Waals surface area contributed by atoms with Gasteiger partial charge in [0.15, 0.2) is 11.5 Å². The van der Waals surface area contributed by atoms with E-state index in [1.54, 1.807) is 19.1 Å². The Labute approximate surface area is 242 Å². The summed E-state index contributed by atoms with van der Waals surface area (Å²) >= 11 is 0. The molecule has 5 rings (SSSR count). The lowest BCUT2D eigenvalue weighted by Gasteiger charge is -2.39. The van der Waals surface area contributed by atoms with Crippen LogP contribution in [0.3, 0.4) is 0 Å². The number of carbonyl (C=O) groups is 2. The van der Waals surface area contributed by atoms with Crippen LogP contribution in [0.1, 0.15) is 88.3 Å². The molecule has 2 aromatic rings. The number of fused-ring (bicyclic) bond motifs is 5. The van der Waals surface area contributed by atoms with E-state index in [0.717, 1.165) is 49.8 Å². The normalized spacial score (nSPS) is 25.1. The summed E-state index contributed by atoms with van der Waals surface area (Å²) in [6.07, 6.45) is 11.5. The fourth-order valence-corrected chi connectivity index (χ4v) is 6.59. The molecular weight excluding hydrogens is 524 g/mol. The van der Waals surface area contributed by atoms with Crippen LogP contribution in [-0.4, -0.2) is 71.3 Å². The maximum atomic E-state index is 14.5. The Balaban J connectivity index is 1.55. The number of aryl methyl sites for hydroxylation is 2. The lowest BCUT2D eigenvalue weighted by Crippen LogP contribution is -2.51. The molecule has 3 atom stereocenters. The number of amides is 1. The second-order valence-electron chi connectivity index (χ2n) is 11.6. The number of nitrogens with zero attached hydrogens (tertiary/aromatic N) is 4. The highest BCUT2D eigenvalue weighted by molar-refractivity contribution is 5.89. The molecule has 3 heterocycles. The molecule has 0 radical (unpaired) electrons. The van der Waals surface area contributed by atoms with Gasteiger partial charge in [0.05, 0.1) is 38.5 Å². The van der Waals surface area contributed by atoms with Gasteiger partial charge in [-0.1, -0.05) is 24.5 Å². The first-order valence-electron chi connectivity index (χ1n) is 15.3. The summed E-state index contributed by atoms with van der Waals surface area (Å²) < 4.78 is 25.5. The second kappa shape index (κ2) is 13.6. The third-order valence-corrected chi connectivity index (χ3v) is 8.77. The number of ether oxygens (including phenoxy) is 4. The van der Waals surface area contributed by atoms with Crippen LogP contribution in [0.15, 0.2) is 18.3 Å². The van der Waals surface area contributed by atoms with Crippen LogP contribution >= 0.6 is 0 Å². The van der Waals surface area contributed by atoms with Gasteiger partial charge in [-0.2, -0.15) is 0 Å². The van der Waals surface area contributed by atoms with Crippen molar-refractivity contribution in [1.82, 2.24) is 19.9 Å². The minimum atomic E-state index is -0.568. The largest absolute Gasteiger partial charge is 0.493 e. The van der Waals surface area contributed by atoms with E-state index in [9.17, 15) is 9.59 Å². The van der Waals surface area contributed by atoms with Crippen LogP contribution in [0.25, 0.3) is 0 Å². The van der Waals surface area contributed by atoms with Gasteiger partial charge in [-0.15, -0.1) is 5.10 Å². The number of methoxy groups -OCH3 is 2. The number of esters is 1. The fourth-order valence-electron chi connectivity index (χ4n) is 6.59. The minimum Gasteiger partial charge on any atom is -0.493 e. The minimum absolute atomic E-state index is 0.00152. The summed E-state index contributed by atoms with van der Waals surface area (Å²) in [6, 6.07) is 3.30. The molecule has 2 aliphatic heterocycles. The third-order valence-electron chi connectivity index (χ3n) is 8.77.